The third kappa shape index (κ3) is 4.71. The largest absolute Gasteiger partial charge is 0.497 e. The van der Waals surface area contributed by atoms with Crippen molar-refractivity contribution in [3.8, 4) is 11.8 Å². The molecule has 0 amide bonds. The molecule has 9 nitrogen and oxygen atoms in total. The minimum atomic E-state index is -0.294. The first-order valence-corrected chi connectivity index (χ1v) is 11.0. The minimum absolute atomic E-state index is 0.161. The van der Waals surface area contributed by atoms with Crippen molar-refractivity contribution >= 4 is 29.0 Å². The van der Waals surface area contributed by atoms with Crippen LogP contribution in [0.25, 0.3) is 11.2 Å². The zero-order valence-electron chi connectivity index (χ0n) is 17.0. The summed E-state index contributed by atoms with van der Waals surface area (Å²) in [6, 6.07) is 7.68. The Morgan fingerprint density at radius 2 is 1.97 bits per heavy atom. The van der Waals surface area contributed by atoms with Crippen molar-refractivity contribution in [3.63, 3.8) is 0 Å². The van der Waals surface area contributed by atoms with Crippen LogP contribution in [0.5, 0.6) is 11.8 Å². The molecule has 0 unspecified atom stereocenters. The zero-order valence-corrected chi connectivity index (χ0v) is 17.8. The number of nitrogens with one attached hydrogen (secondary N) is 1. The normalized spacial score (nSPS) is 14.4. The summed E-state index contributed by atoms with van der Waals surface area (Å²) in [5.41, 5.74) is 7.53. The van der Waals surface area contributed by atoms with Gasteiger partial charge in [0, 0.05) is 5.75 Å². The lowest BCUT2D eigenvalue weighted by Crippen LogP contribution is -2.20. The maximum Gasteiger partial charge on any atom is 0.332 e. The fraction of sp³-hybridized carbons (Fsp3) is 0.450. The molecule has 4 rings (SSSR count). The van der Waals surface area contributed by atoms with Crippen LogP contribution in [-0.2, 0) is 6.54 Å². The molecule has 1 saturated heterocycles. The summed E-state index contributed by atoms with van der Waals surface area (Å²) in [6.45, 7) is 3.82. The molecule has 0 spiro atoms. The van der Waals surface area contributed by atoms with Crippen LogP contribution >= 0.6 is 12.0 Å². The van der Waals surface area contributed by atoms with Crippen LogP contribution in [0.3, 0.4) is 0 Å². The molecule has 0 radical (unpaired) electrons. The number of aromatic amines is 1. The molecule has 3 aromatic rings. The number of imidazole rings is 1. The number of H-pyrrole nitrogens is 1. The molecule has 0 atom stereocenters. The topological polar surface area (TPSA) is 111 Å². The summed E-state index contributed by atoms with van der Waals surface area (Å²) < 4.78 is 12.4. The highest BCUT2D eigenvalue weighted by Gasteiger charge is 2.16. The molecule has 2 aromatic heterocycles. The van der Waals surface area contributed by atoms with Gasteiger partial charge < -0.3 is 24.5 Å². The highest BCUT2D eigenvalue weighted by Crippen LogP contribution is 2.21. The number of rotatable bonds is 9. The Morgan fingerprint density at radius 3 is 2.70 bits per heavy atom. The molecule has 1 aliphatic heterocycles. The Bertz CT molecular complexity index is 1040. The first-order valence-electron chi connectivity index (χ1n) is 10.0. The van der Waals surface area contributed by atoms with Gasteiger partial charge in [0.15, 0.2) is 11.5 Å². The van der Waals surface area contributed by atoms with Crippen LogP contribution < -0.4 is 20.3 Å². The molecule has 1 aromatic carbocycles. The van der Waals surface area contributed by atoms with Crippen molar-refractivity contribution < 1.29 is 8.92 Å². The molecule has 1 aliphatic rings. The number of nitrogens with two attached hydrogens (primary N) is 1. The Balaban J connectivity index is 1.44. The van der Waals surface area contributed by atoms with Gasteiger partial charge in [0.25, 0.3) is 0 Å². The molecular formula is C20H26N6O3S. The SMILES string of the molecule is COc1ccc(Cn2c(=O)[nH]c3c(N)nc(OSCCCN4CCCC4)nc32)cc1. The Morgan fingerprint density at radius 1 is 1.20 bits per heavy atom. The second-order valence-electron chi connectivity index (χ2n) is 7.26. The minimum Gasteiger partial charge on any atom is -0.497 e. The van der Waals surface area contributed by atoms with Gasteiger partial charge in [-0.1, -0.05) is 12.1 Å². The van der Waals surface area contributed by atoms with E-state index < -0.39 is 0 Å². The van der Waals surface area contributed by atoms with Gasteiger partial charge in [0.1, 0.15) is 11.3 Å². The summed E-state index contributed by atoms with van der Waals surface area (Å²) in [4.78, 5) is 26.3. The average Bonchev–Trinajstić information content (AvgIpc) is 3.37. The summed E-state index contributed by atoms with van der Waals surface area (Å²) in [7, 11) is 1.62. The number of methoxy groups -OCH3 is 1. The smallest absolute Gasteiger partial charge is 0.332 e. The lowest BCUT2D eigenvalue weighted by molar-refractivity contribution is 0.340. The number of nitrogens with zero attached hydrogens (tertiary/aromatic N) is 4. The van der Waals surface area contributed by atoms with Crippen LogP contribution in [0.2, 0.25) is 0 Å². The van der Waals surface area contributed by atoms with Crippen molar-refractivity contribution in [1.82, 2.24) is 24.4 Å². The number of anilines is 1. The summed E-state index contributed by atoms with van der Waals surface area (Å²) in [6.07, 6.45) is 3.63. The molecule has 160 valence electrons. The lowest BCUT2D eigenvalue weighted by Gasteiger charge is -2.13. The number of aromatic nitrogens is 4. The van der Waals surface area contributed by atoms with E-state index in [0.29, 0.717) is 17.7 Å². The van der Waals surface area contributed by atoms with Crippen molar-refractivity contribution in [2.24, 2.45) is 0 Å². The molecule has 0 bridgehead atoms. The number of hydrogen-bond acceptors (Lipinski definition) is 8. The quantitative estimate of drug-likeness (QED) is 0.393. The monoisotopic (exact) mass is 430 g/mol. The first-order chi connectivity index (χ1) is 14.6. The van der Waals surface area contributed by atoms with Crippen molar-refractivity contribution in [3.05, 3.63) is 40.3 Å². The molecule has 30 heavy (non-hydrogen) atoms. The number of fused-ring (bicyclic) bond motifs is 1. The van der Waals surface area contributed by atoms with Gasteiger partial charge >= 0.3 is 11.7 Å². The molecule has 1 fully saturated rings. The van der Waals surface area contributed by atoms with E-state index in [9.17, 15) is 4.79 Å². The van der Waals surface area contributed by atoms with Gasteiger partial charge in [0.2, 0.25) is 0 Å². The number of hydrogen-bond donors (Lipinski definition) is 2. The third-order valence-corrected chi connectivity index (χ3v) is 5.89. The van der Waals surface area contributed by atoms with Crippen LogP contribution in [-0.4, -0.2) is 56.9 Å². The summed E-state index contributed by atoms with van der Waals surface area (Å²) >= 11 is 1.31. The van der Waals surface area contributed by atoms with Gasteiger partial charge in [-0.2, -0.15) is 9.97 Å². The number of likely N-dealkylation sites (tertiary alicyclic amines) is 1. The van der Waals surface area contributed by atoms with Crippen LogP contribution in [0.4, 0.5) is 5.82 Å². The highest BCUT2D eigenvalue weighted by molar-refractivity contribution is 7.95. The Kier molecular flexibility index (Phi) is 6.44. The fourth-order valence-corrected chi connectivity index (χ4v) is 4.09. The fourth-order valence-electron chi connectivity index (χ4n) is 3.58. The lowest BCUT2D eigenvalue weighted by atomic mass is 10.2. The van der Waals surface area contributed by atoms with E-state index in [1.807, 2.05) is 24.3 Å². The van der Waals surface area contributed by atoms with E-state index in [2.05, 4.69) is 19.9 Å². The van der Waals surface area contributed by atoms with E-state index in [1.54, 1.807) is 7.11 Å². The van der Waals surface area contributed by atoms with E-state index in [0.717, 1.165) is 30.0 Å². The average molecular weight is 431 g/mol. The second kappa shape index (κ2) is 9.40. The third-order valence-electron chi connectivity index (χ3n) is 5.16. The maximum atomic E-state index is 12.5. The number of benzene rings is 1. The predicted octanol–water partition coefficient (Wildman–Crippen LogP) is 2.27. The Hall–Kier alpha value is -2.72. The maximum absolute atomic E-state index is 12.5. The van der Waals surface area contributed by atoms with Crippen molar-refractivity contribution in [2.45, 2.75) is 25.8 Å². The molecule has 3 N–H and O–H groups in total. The predicted molar refractivity (Wildman–Crippen MR) is 118 cm³/mol. The second-order valence-corrected chi connectivity index (χ2v) is 8.07. The number of ether oxygens (including phenoxy) is 1. The van der Waals surface area contributed by atoms with Crippen molar-refractivity contribution in [2.75, 3.05) is 38.2 Å². The van der Waals surface area contributed by atoms with Gasteiger partial charge in [-0.05, 0) is 56.6 Å². The van der Waals surface area contributed by atoms with Crippen molar-refractivity contribution in [1.29, 1.82) is 0 Å². The van der Waals surface area contributed by atoms with Gasteiger partial charge in [-0.15, -0.1) is 0 Å². The van der Waals surface area contributed by atoms with E-state index in [1.165, 1.54) is 42.5 Å². The van der Waals surface area contributed by atoms with Crippen LogP contribution in [0.1, 0.15) is 24.8 Å². The highest BCUT2D eigenvalue weighted by atomic mass is 32.2. The molecule has 0 saturated carbocycles. The van der Waals surface area contributed by atoms with Gasteiger partial charge in [-0.3, -0.25) is 4.57 Å². The first kappa shape index (κ1) is 20.5. The van der Waals surface area contributed by atoms with Gasteiger partial charge in [0.05, 0.1) is 25.7 Å². The van der Waals surface area contributed by atoms with Crippen LogP contribution in [0.15, 0.2) is 29.1 Å². The molecular weight excluding hydrogens is 404 g/mol. The molecule has 0 aliphatic carbocycles. The zero-order chi connectivity index (χ0) is 20.9. The Labute approximate surface area is 178 Å². The molecule has 3 heterocycles. The summed E-state index contributed by atoms with van der Waals surface area (Å²) in [5.74, 6) is 1.79. The van der Waals surface area contributed by atoms with E-state index in [-0.39, 0.29) is 17.5 Å². The summed E-state index contributed by atoms with van der Waals surface area (Å²) in [5, 5.41) is 0. The van der Waals surface area contributed by atoms with E-state index in [4.69, 9.17) is 14.7 Å². The standard InChI is InChI=1S/C20H26N6O3S/c1-28-15-7-5-14(6-8-15)13-26-18-16(22-20(26)27)17(21)23-19(24-18)29-30-12-4-11-25-9-2-3-10-25/h5-8H,2-4,9-13H2,1H3,(H,22,27)(H2,21,23,24). The molecule has 10 heteroatoms. The van der Waals surface area contributed by atoms with Gasteiger partial charge in [-0.25, -0.2) is 4.79 Å². The number of nitrogen functional groups attached to an aromatic ring is 1. The van der Waals surface area contributed by atoms with Crippen LogP contribution in [0, 0.1) is 0 Å². The van der Waals surface area contributed by atoms with E-state index >= 15 is 0 Å².